The fraction of sp³-hybridized carbons (Fsp3) is 0.867. The molecule has 0 aromatic rings. The molecule has 4 saturated carbocycles. The number of ether oxygens (including phenoxy) is 1. The van der Waals surface area contributed by atoms with Crippen LogP contribution in [0.1, 0.15) is 51.9 Å². The average Bonchev–Trinajstić information content (AvgIpc) is 2.34. The number of hydrogen-bond acceptors (Lipinski definition) is 3. The van der Waals surface area contributed by atoms with Crippen molar-refractivity contribution in [3.8, 4) is 0 Å². The second-order valence-electron chi connectivity index (χ2n) is 6.99. The minimum Gasteiger partial charge on any atom is -0.449 e. The fourth-order valence-electron chi connectivity index (χ4n) is 5.18. The SMILES string of the molecule is CCOC(=O)NNC(=O)CC12CC3CC(CC(C3)C1)C2. The van der Waals surface area contributed by atoms with Gasteiger partial charge in [0.05, 0.1) is 6.61 Å². The lowest BCUT2D eigenvalue weighted by atomic mass is 9.49. The van der Waals surface area contributed by atoms with Crippen LogP contribution in [0.2, 0.25) is 0 Å². The highest BCUT2D eigenvalue weighted by Crippen LogP contribution is 2.61. The Morgan fingerprint density at radius 1 is 1.05 bits per heavy atom. The number of amides is 2. The normalized spacial score (nSPS) is 37.5. The van der Waals surface area contributed by atoms with Crippen LogP contribution in [-0.4, -0.2) is 18.6 Å². The maximum absolute atomic E-state index is 12.1. The average molecular weight is 280 g/mol. The summed E-state index contributed by atoms with van der Waals surface area (Å²) in [6, 6.07) is 0. The summed E-state index contributed by atoms with van der Waals surface area (Å²) in [7, 11) is 0. The second kappa shape index (κ2) is 5.26. The van der Waals surface area contributed by atoms with Crippen molar-refractivity contribution in [1.29, 1.82) is 0 Å². The van der Waals surface area contributed by atoms with E-state index >= 15 is 0 Å². The van der Waals surface area contributed by atoms with Gasteiger partial charge in [-0.25, -0.2) is 10.2 Å². The van der Waals surface area contributed by atoms with Crippen LogP contribution in [0, 0.1) is 23.2 Å². The van der Waals surface area contributed by atoms with Gasteiger partial charge in [-0.15, -0.1) is 0 Å². The zero-order chi connectivity index (χ0) is 14.2. The number of hydrogen-bond donors (Lipinski definition) is 2. The van der Waals surface area contributed by atoms with E-state index in [-0.39, 0.29) is 11.3 Å². The van der Waals surface area contributed by atoms with Gasteiger partial charge in [0.25, 0.3) is 0 Å². The molecule has 4 fully saturated rings. The Labute approximate surface area is 119 Å². The third kappa shape index (κ3) is 2.76. The Morgan fingerprint density at radius 3 is 2.10 bits per heavy atom. The van der Waals surface area contributed by atoms with Crippen molar-refractivity contribution in [3.63, 3.8) is 0 Å². The maximum atomic E-state index is 12.1. The molecule has 0 aromatic heterocycles. The molecule has 4 bridgehead atoms. The molecular weight excluding hydrogens is 256 g/mol. The van der Waals surface area contributed by atoms with Crippen LogP contribution in [0.3, 0.4) is 0 Å². The summed E-state index contributed by atoms with van der Waals surface area (Å²) in [4.78, 5) is 23.2. The molecule has 4 aliphatic rings. The molecule has 0 aromatic carbocycles. The summed E-state index contributed by atoms with van der Waals surface area (Å²) >= 11 is 0. The molecular formula is C15H24N2O3. The third-order valence-corrected chi connectivity index (χ3v) is 5.28. The number of nitrogens with one attached hydrogen (secondary N) is 2. The van der Waals surface area contributed by atoms with Gasteiger partial charge in [0.2, 0.25) is 5.91 Å². The van der Waals surface area contributed by atoms with Crippen LogP contribution in [0.25, 0.3) is 0 Å². The first-order chi connectivity index (χ1) is 9.58. The van der Waals surface area contributed by atoms with Gasteiger partial charge in [0, 0.05) is 6.42 Å². The van der Waals surface area contributed by atoms with E-state index in [1.807, 2.05) is 0 Å². The van der Waals surface area contributed by atoms with Crippen molar-refractivity contribution >= 4 is 12.0 Å². The molecule has 0 saturated heterocycles. The number of hydrazine groups is 1. The molecule has 112 valence electrons. The van der Waals surface area contributed by atoms with Crippen molar-refractivity contribution in [1.82, 2.24) is 10.9 Å². The second-order valence-corrected chi connectivity index (χ2v) is 6.99. The molecule has 0 unspecified atom stereocenters. The Balaban J connectivity index is 1.52. The smallest absolute Gasteiger partial charge is 0.426 e. The van der Waals surface area contributed by atoms with Crippen molar-refractivity contribution in [2.24, 2.45) is 23.2 Å². The first kappa shape index (κ1) is 13.7. The van der Waals surface area contributed by atoms with E-state index in [2.05, 4.69) is 10.9 Å². The van der Waals surface area contributed by atoms with Crippen LogP contribution in [-0.2, 0) is 9.53 Å². The minimum absolute atomic E-state index is 0.0833. The van der Waals surface area contributed by atoms with Crippen LogP contribution in [0.15, 0.2) is 0 Å². The topological polar surface area (TPSA) is 67.4 Å². The lowest BCUT2D eigenvalue weighted by Gasteiger charge is -2.56. The van der Waals surface area contributed by atoms with Crippen molar-refractivity contribution < 1.29 is 14.3 Å². The molecule has 2 N–H and O–H groups in total. The zero-order valence-corrected chi connectivity index (χ0v) is 12.1. The molecule has 0 radical (unpaired) electrons. The standard InChI is InChI=1S/C15H24N2O3/c1-2-20-14(19)17-16-13(18)9-15-6-10-3-11(7-15)5-12(4-10)8-15/h10-12H,2-9H2,1H3,(H,16,18)(H,17,19). The lowest BCUT2D eigenvalue weighted by Crippen LogP contribution is -2.50. The van der Waals surface area contributed by atoms with E-state index in [0.29, 0.717) is 13.0 Å². The van der Waals surface area contributed by atoms with Crippen LogP contribution in [0.5, 0.6) is 0 Å². The van der Waals surface area contributed by atoms with E-state index in [9.17, 15) is 9.59 Å². The zero-order valence-electron chi connectivity index (χ0n) is 12.1. The Kier molecular flexibility index (Phi) is 3.61. The highest BCUT2D eigenvalue weighted by atomic mass is 16.5. The predicted octanol–water partition coefficient (Wildman–Crippen LogP) is 2.37. The summed E-state index contributed by atoms with van der Waals surface area (Å²) in [6.07, 6.45) is 7.68. The monoisotopic (exact) mass is 280 g/mol. The molecule has 20 heavy (non-hydrogen) atoms. The van der Waals surface area contributed by atoms with E-state index in [1.54, 1.807) is 6.92 Å². The van der Waals surface area contributed by atoms with Gasteiger partial charge in [-0.3, -0.25) is 10.2 Å². The molecule has 4 rings (SSSR count). The minimum atomic E-state index is -0.591. The fourth-order valence-corrected chi connectivity index (χ4v) is 5.18. The van der Waals surface area contributed by atoms with Gasteiger partial charge in [-0.1, -0.05) is 0 Å². The van der Waals surface area contributed by atoms with Gasteiger partial charge in [-0.05, 0) is 68.6 Å². The van der Waals surface area contributed by atoms with Crippen molar-refractivity contribution in [2.45, 2.75) is 51.9 Å². The molecule has 4 aliphatic carbocycles. The number of carbonyl (C=O) groups excluding carboxylic acids is 2. The molecule has 5 heteroatoms. The highest BCUT2D eigenvalue weighted by molar-refractivity contribution is 5.79. The highest BCUT2D eigenvalue weighted by Gasteiger charge is 2.51. The molecule has 5 nitrogen and oxygen atoms in total. The molecule has 0 aliphatic heterocycles. The van der Waals surface area contributed by atoms with Gasteiger partial charge >= 0.3 is 6.09 Å². The van der Waals surface area contributed by atoms with Crippen LogP contribution < -0.4 is 10.9 Å². The number of carbonyl (C=O) groups is 2. The molecule has 2 amide bonds. The maximum Gasteiger partial charge on any atom is 0.426 e. The van der Waals surface area contributed by atoms with Gasteiger partial charge < -0.3 is 4.74 Å². The Hall–Kier alpha value is -1.26. The largest absolute Gasteiger partial charge is 0.449 e. The summed E-state index contributed by atoms with van der Waals surface area (Å²) in [5, 5.41) is 0. The van der Waals surface area contributed by atoms with Gasteiger partial charge in [-0.2, -0.15) is 0 Å². The molecule has 0 heterocycles. The van der Waals surface area contributed by atoms with Crippen molar-refractivity contribution in [3.05, 3.63) is 0 Å². The first-order valence-electron chi connectivity index (χ1n) is 7.80. The first-order valence-corrected chi connectivity index (χ1v) is 7.80. The Morgan fingerprint density at radius 2 is 1.60 bits per heavy atom. The predicted molar refractivity (Wildman–Crippen MR) is 73.5 cm³/mol. The van der Waals surface area contributed by atoms with Crippen molar-refractivity contribution in [2.75, 3.05) is 6.61 Å². The molecule has 0 spiro atoms. The van der Waals surface area contributed by atoms with Gasteiger partial charge in [0.1, 0.15) is 0 Å². The summed E-state index contributed by atoms with van der Waals surface area (Å²) in [6.45, 7) is 2.04. The number of rotatable bonds is 3. The quantitative estimate of drug-likeness (QED) is 0.780. The van der Waals surface area contributed by atoms with Crippen LogP contribution in [0.4, 0.5) is 4.79 Å². The summed E-state index contributed by atoms with van der Waals surface area (Å²) in [5.74, 6) is 2.44. The third-order valence-electron chi connectivity index (χ3n) is 5.28. The van der Waals surface area contributed by atoms with Gasteiger partial charge in [0.15, 0.2) is 0 Å². The van der Waals surface area contributed by atoms with Crippen LogP contribution >= 0.6 is 0 Å². The van der Waals surface area contributed by atoms with E-state index in [4.69, 9.17) is 4.74 Å². The van der Waals surface area contributed by atoms with E-state index < -0.39 is 6.09 Å². The summed E-state index contributed by atoms with van der Waals surface area (Å²) < 4.78 is 4.72. The summed E-state index contributed by atoms with van der Waals surface area (Å²) in [5.41, 5.74) is 4.99. The van der Waals surface area contributed by atoms with E-state index in [0.717, 1.165) is 17.8 Å². The Bertz CT molecular complexity index is 373. The van der Waals surface area contributed by atoms with E-state index in [1.165, 1.54) is 38.5 Å². The lowest BCUT2D eigenvalue weighted by molar-refractivity contribution is -0.130. The molecule has 0 atom stereocenters.